The van der Waals surface area contributed by atoms with Crippen LogP contribution in [0, 0.1) is 5.92 Å². The maximum absolute atomic E-state index is 11.2. The summed E-state index contributed by atoms with van der Waals surface area (Å²) in [4.78, 5) is 13.5. The minimum Gasteiger partial charge on any atom is -0.302 e. The quantitative estimate of drug-likeness (QED) is 0.617. The van der Waals surface area contributed by atoms with Crippen molar-refractivity contribution in [2.75, 3.05) is 19.6 Å². The van der Waals surface area contributed by atoms with Crippen molar-refractivity contribution in [3.63, 3.8) is 0 Å². The van der Waals surface area contributed by atoms with E-state index < -0.39 is 0 Å². The van der Waals surface area contributed by atoms with Crippen LogP contribution in [-0.4, -0.2) is 30.3 Å². The van der Waals surface area contributed by atoms with Crippen LogP contribution in [0.2, 0.25) is 0 Å². The lowest BCUT2D eigenvalue weighted by molar-refractivity contribution is -0.122. The Hall–Kier alpha value is -0.630. The Morgan fingerprint density at radius 3 is 3.08 bits per heavy atom. The van der Waals surface area contributed by atoms with Crippen molar-refractivity contribution in [2.24, 2.45) is 5.92 Å². The number of ketones is 1. The van der Waals surface area contributed by atoms with Gasteiger partial charge in [0.15, 0.2) is 0 Å². The van der Waals surface area contributed by atoms with Crippen LogP contribution >= 0.6 is 0 Å². The van der Waals surface area contributed by atoms with Crippen LogP contribution < -0.4 is 0 Å². The van der Waals surface area contributed by atoms with E-state index in [0.717, 1.165) is 32.5 Å². The molecule has 0 aromatic carbocycles. The molecule has 2 heteroatoms. The Balaban J connectivity index is 2.32. The molecule has 0 aromatic rings. The average molecular weight is 181 g/mol. The number of nitrogens with zero attached hydrogens (tertiary/aromatic N) is 1. The van der Waals surface area contributed by atoms with Gasteiger partial charge in [-0.3, -0.25) is 4.79 Å². The lowest BCUT2D eigenvalue weighted by Crippen LogP contribution is -2.38. The predicted octanol–water partition coefficient (Wildman–Crippen LogP) is 1.86. The van der Waals surface area contributed by atoms with E-state index in [1.165, 1.54) is 6.42 Å². The Morgan fingerprint density at radius 1 is 1.69 bits per heavy atom. The SMILES string of the molecule is C=CCCN1CCCC(C(C)=O)C1. The van der Waals surface area contributed by atoms with Gasteiger partial charge in [-0.1, -0.05) is 6.08 Å². The summed E-state index contributed by atoms with van der Waals surface area (Å²) in [7, 11) is 0. The van der Waals surface area contributed by atoms with E-state index in [1.54, 1.807) is 6.92 Å². The summed E-state index contributed by atoms with van der Waals surface area (Å²) in [5.74, 6) is 0.641. The Morgan fingerprint density at radius 2 is 2.46 bits per heavy atom. The maximum atomic E-state index is 11.2. The number of likely N-dealkylation sites (tertiary alicyclic amines) is 1. The zero-order valence-electron chi connectivity index (χ0n) is 8.46. The second kappa shape index (κ2) is 5.18. The molecule has 0 N–H and O–H groups in total. The molecule has 1 heterocycles. The van der Waals surface area contributed by atoms with E-state index >= 15 is 0 Å². The van der Waals surface area contributed by atoms with E-state index in [0.29, 0.717) is 11.7 Å². The summed E-state index contributed by atoms with van der Waals surface area (Å²) in [6.07, 6.45) is 5.23. The van der Waals surface area contributed by atoms with Crippen molar-refractivity contribution >= 4 is 5.78 Å². The van der Waals surface area contributed by atoms with Gasteiger partial charge < -0.3 is 4.90 Å². The van der Waals surface area contributed by atoms with Crippen molar-refractivity contribution in [1.82, 2.24) is 4.90 Å². The number of rotatable bonds is 4. The number of hydrogen-bond acceptors (Lipinski definition) is 2. The van der Waals surface area contributed by atoms with E-state index in [-0.39, 0.29) is 0 Å². The Labute approximate surface area is 80.6 Å². The molecule has 74 valence electrons. The fraction of sp³-hybridized carbons (Fsp3) is 0.727. The molecule has 0 aromatic heterocycles. The molecule has 0 spiro atoms. The van der Waals surface area contributed by atoms with Crippen LogP contribution in [0.3, 0.4) is 0 Å². The van der Waals surface area contributed by atoms with Crippen molar-refractivity contribution in [3.8, 4) is 0 Å². The van der Waals surface area contributed by atoms with Gasteiger partial charge in [-0.25, -0.2) is 0 Å². The topological polar surface area (TPSA) is 20.3 Å². The zero-order valence-corrected chi connectivity index (χ0v) is 8.46. The molecule has 2 nitrogen and oxygen atoms in total. The van der Waals surface area contributed by atoms with Gasteiger partial charge >= 0.3 is 0 Å². The summed E-state index contributed by atoms with van der Waals surface area (Å²) >= 11 is 0. The molecule has 0 amide bonds. The van der Waals surface area contributed by atoms with Crippen LogP contribution in [0.15, 0.2) is 12.7 Å². The predicted molar refractivity (Wildman–Crippen MR) is 54.7 cm³/mol. The van der Waals surface area contributed by atoms with Gasteiger partial charge in [0.1, 0.15) is 5.78 Å². The van der Waals surface area contributed by atoms with Gasteiger partial charge in [-0.2, -0.15) is 0 Å². The van der Waals surface area contributed by atoms with Gasteiger partial charge in [0.25, 0.3) is 0 Å². The normalized spacial score (nSPS) is 24.2. The fourth-order valence-corrected chi connectivity index (χ4v) is 1.86. The van der Waals surface area contributed by atoms with Crippen molar-refractivity contribution in [2.45, 2.75) is 26.2 Å². The fourth-order valence-electron chi connectivity index (χ4n) is 1.86. The van der Waals surface area contributed by atoms with E-state index in [9.17, 15) is 4.79 Å². The van der Waals surface area contributed by atoms with Crippen molar-refractivity contribution in [3.05, 3.63) is 12.7 Å². The molecule has 0 aliphatic carbocycles. The summed E-state index contributed by atoms with van der Waals surface area (Å²) in [5.41, 5.74) is 0. The molecule has 1 rings (SSSR count). The summed E-state index contributed by atoms with van der Waals surface area (Å²) in [6, 6.07) is 0. The molecule has 13 heavy (non-hydrogen) atoms. The first kappa shape index (κ1) is 10.5. The highest BCUT2D eigenvalue weighted by Gasteiger charge is 2.22. The molecule has 1 atom stereocenters. The van der Waals surface area contributed by atoms with Gasteiger partial charge in [0, 0.05) is 19.0 Å². The molecular formula is C11H19NO. The molecule has 1 fully saturated rings. The molecule has 1 unspecified atom stereocenters. The highest BCUT2D eigenvalue weighted by molar-refractivity contribution is 5.78. The Kier molecular flexibility index (Phi) is 4.16. The molecular weight excluding hydrogens is 162 g/mol. The van der Waals surface area contributed by atoms with E-state index in [2.05, 4.69) is 11.5 Å². The molecule has 1 saturated heterocycles. The largest absolute Gasteiger partial charge is 0.302 e. The number of piperidine rings is 1. The van der Waals surface area contributed by atoms with Crippen LogP contribution in [0.25, 0.3) is 0 Å². The van der Waals surface area contributed by atoms with Crippen LogP contribution in [0.1, 0.15) is 26.2 Å². The first-order chi connectivity index (χ1) is 6.24. The minimum atomic E-state index is 0.290. The zero-order chi connectivity index (χ0) is 9.68. The lowest BCUT2D eigenvalue weighted by atomic mass is 9.94. The van der Waals surface area contributed by atoms with Gasteiger partial charge in [-0.15, -0.1) is 6.58 Å². The highest BCUT2D eigenvalue weighted by atomic mass is 16.1. The molecule has 0 radical (unpaired) electrons. The van der Waals surface area contributed by atoms with Crippen LogP contribution in [0.4, 0.5) is 0 Å². The summed E-state index contributed by atoms with van der Waals surface area (Å²) in [6.45, 7) is 8.59. The molecule has 0 bridgehead atoms. The smallest absolute Gasteiger partial charge is 0.134 e. The third-order valence-electron chi connectivity index (χ3n) is 2.73. The number of hydrogen-bond donors (Lipinski definition) is 0. The van der Waals surface area contributed by atoms with Crippen molar-refractivity contribution in [1.29, 1.82) is 0 Å². The highest BCUT2D eigenvalue weighted by Crippen LogP contribution is 2.17. The lowest BCUT2D eigenvalue weighted by Gasteiger charge is -2.31. The van der Waals surface area contributed by atoms with E-state index in [1.807, 2.05) is 6.08 Å². The first-order valence-corrected chi connectivity index (χ1v) is 5.07. The molecule has 1 aliphatic heterocycles. The van der Waals surface area contributed by atoms with E-state index in [4.69, 9.17) is 0 Å². The maximum Gasteiger partial charge on any atom is 0.134 e. The molecule has 0 saturated carbocycles. The Bertz CT molecular complexity index is 189. The van der Waals surface area contributed by atoms with Gasteiger partial charge in [0.05, 0.1) is 0 Å². The first-order valence-electron chi connectivity index (χ1n) is 5.07. The van der Waals surface area contributed by atoms with Gasteiger partial charge in [-0.05, 0) is 32.7 Å². The summed E-state index contributed by atoms with van der Waals surface area (Å²) in [5, 5.41) is 0. The second-order valence-corrected chi connectivity index (χ2v) is 3.83. The van der Waals surface area contributed by atoms with Crippen molar-refractivity contribution < 1.29 is 4.79 Å². The van der Waals surface area contributed by atoms with Crippen LogP contribution in [-0.2, 0) is 4.79 Å². The third-order valence-corrected chi connectivity index (χ3v) is 2.73. The van der Waals surface area contributed by atoms with Crippen LogP contribution in [0.5, 0.6) is 0 Å². The number of carbonyl (C=O) groups excluding carboxylic acids is 1. The standard InChI is InChI=1S/C11H19NO/c1-3-4-7-12-8-5-6-11(9-12)10(2)13/h3,11H,1,4-9H2,2H3. The number of carbonyl (C=O) groups is 1. The average Bonchev–Trinajstić information content (AvgIpc) is 2.15. The minimum absolute atomic E-state index is 0.290. The summed E-state index contributed by atoms with van der Waals surface area (Å²) < 4.78 is 0. The van der Waals surface area contributed by atoms with Gasteiger partial charge in [0.2, 0.25) is 0 Å². The third kappa shape index (κ3) is 3.31. The second-order valence-electron chi connectivity index (χ2n) is 3.83. The molecule has 1 aliphatic rings. The number of Topliss-reactive ketones (excluding diaryl/α,β-unsaturated/α-hetero) is 1. The monoisotopic (exact) mass is 181 g/mol.